The molecule has 0 aromatic heterocycles. The van der Waals surface area contributed by atoms with E-state index in [1.54, 1.807) is 12.1 Å². The Morgan fingerprint density at radius 3 is 2.67 bits per heavy atom. The maximum Gasteiger partial charge on any atom is 0.339 e. The van der Waals surface area contributed by atoms with Crippen LogP contribution in [-0.4, -0.2) is 41.6 Å². The van der Waals surface area contributed by atoms with E-state index in [-0.39, 0.29) is 17.5 Å². The Kier molecular flexibility index (Phi) is 6.08. The number of carboxylic acid groups (broad SMARTS) is 1. The van der Waals surface area contributed by atoms with Crippen molar-refractivity contribution in [2.45, 2.75) is 32.0 Å². The van der Waals surface area contributed by atoms with E-state index in [1.807, 2.05) is 18.2 Å². The van der Waals surface area contributed by atoms with Gasteiger partial charge in [-0.2, -0.15) is 0 Å². The van der Waals surface area contributed by atoms with Gasteiger partial charge in [0.15, 0.2) is 0 Å². The van der Waals surface area contributed by atoms with Gasteiger partial charge in [-0.1, -0.05) is 36.4 Å². The standard InChI is InChI=1S/C21H24N2O4/c1-27-19-12-16(9-10-17(19)21(25)26)13-22-20(24)18-8-5-11-23(18)14-15-6-3-2-4-7-15/h2-4,6-7,9-10,12,18H,5,8,11,13-14H2,1H3,(H,22,24)(H,25,26). The summed E-state index contributed by atoms with van der Waals surface area (Å²) in [5.41, 5.74) is 2.11. The van der Waals surface area contributed by atoms with E-state index in [4.69, 9.17) is 9.84 Å². The number of likely N-dealkylation sites (tertiary alicyclic amines) is 1. The lowest BCUT2D eigenvalue weighted by Crippen LogP contribution is -2.42. The van der Waals surface area contributed by atoms with Gasteiger partial charge in [-0.05, 0) is 42.6 Å². The molecule has 1 heterocycles. The average molecular weight is 368 g/mol. The number of aromatic carboxylic acids is 1. The van der Waals surface area contributed by atoms with Crippen LogP contribution in [0.15, 0.2) is 48.5 Å². The predicted molar refractivity (Wildman–Crippen MR) is 102 cm³/mol. The Balaban J connectivity index is 1.60. The largest absolute Gasteiger partial charge is 0.496 e. The smallest absolute Gasteiger partial charge is 0.339 e. The third kappa shape index (κ3) is 4.65. The molecule has 1 saturated heterocycles. The zero-order chi connectivity index (χ0) is 19.2. The molecule has 3 rings (SSSR count). The number of methoxy groups -OCH3 is 1. The quantitative estimate of drug-likeness (QED) is 0.786. The van der Waals surface area contributed by atoms with Crippen molar-refractivity contribution in [2.24, 2.45) is 0 Å². The fourth-order valence-electron chi connectivity index (χ4n) is 3.46. The summed E-state index contributed by atoms with van der Waals surface area (Å²) in [5, 5.41) is 12.1. The number of benzene rings is 2. The summed E-state index contributed by atoms with van der Waals surface area (Å²) in [4.78, 5) is 26.0. The number of amides is 1. The van der Waals surface area contributed by atoms with E-state index in [0.717, 1.165) is 31.5 Å². The number of rotatable bonds is 7. The molecule has 1 fully saturated rings. The highest BCUT2D eigenvalue weighted by Crippen LogP contribution is 2.22. The summed E-state index contributed by atoms with van der Waals surface area (Å²) in [5.74, 6) is -0.740. The van der Waals surface area contributed by atoms with E-state index in [9.17, 15) is 9.59 Å². The Labute approximate surface area is 158 Å². The maximum absolute atomic E-state index is 12.7. The first kappa shape index (κ1) is 18.9. The van der Waals surface area contributed by atoms with E-state index >= 15 is 0 Å². The third-order valence-corrected chi connectivity index (χ3v) is 4.86. The van der Waals surface area contributed by atoms with Crippen LogP contribution in [0, 0.1) is 0 Å². The molecule has 0 spiro atoms. The molecule has 2 aromatic carbocycles. The lowest BCUT2D eigenvalue weighted by atomic mass is 10.1. The Bertz CT molecular complexity index is 807. The molecule has 1 aliphatic rings. The highest BCUT2D eigenvalue weighted by Gasteiger charge is 2.30. The van der Waals surface area contributed by atoms with Crippen LogP contribution in [0.1, 0.15) is 34.3 Å². The second kappa shape index (κ2) is 8.68. The Morgan fingerprint density at radius 2 is 1.96 bits per heavy atom. The average Bonchev–Trinajstić information content (AvgIpc) is 3.14. The zero-order valence-corrected chi connectivity index (χ0v) is 15.4. The van der Waals surface area contributed by atoms with Gasteiger partial charge < -0.3 is 15.2 Å². The van der Waals surface area contributed by atoms with Crippen LogP contribution in [-0.2, 0) is 17.9 Å². The molecule has 27 heavy (non-hydrogen) atoms. The molecule has 6 heteroatoms. The van der Waals surface area contributed by atoms with Crippen molar-refractivity contribution in [1.29, 1.82) is 0 Å². The summed E-state index contributed by atoms with van der Waals surface area (Å²) in [6.45, 7) is 2.01. The van der Waals surface area contributed by atoms with Gasteiger partial charge in [0.25, 0.3) is 0 Å². The SMILES string of the molecule is COc1cc(CNC(=O)C2CCCN2Cc2ccccc2)ccc1C(=O)O. The number of hydrogen-bond acceptors (Lipinski definition) is 4. The minimum Gasteiger partial charge on any atom is -0.496 e. The normalized spacial score (nSPS) is 16.9. The molecule has 0 aliphatic carbocycles. The number of carboxylic acids is 1. The van der Waals surface area contributed by atoms with Crippen LogP contribution >= 0.6 is 0 Å². The van der Waals surface area contributed by atoms with Crippen molar-refractivity contribution in [3.63, 3.8) is 0 Å². The molecule has 1 unspecified atom stereocenters. The first-order valence-electron chi connectivity index (χ1n) is 9.04. The molecule has 1 amide bonds. The molecule has 2 aromatic rings. The Morgan fingerprint density at radius 1 is 1.19 bits per heavy atom. The fourth-order valence-corrected chi connectivity index (χ4v) is 3.46. The van der Waals surface area contributed by atoms with Crippen molar-refractivity contribution in [1.82, 2.24) is 10.2 Å². The maximum atomic E-state index is 12.7. The van der Waals surface area contributed by atoms with Crippen LogP contribution < -0.4 is 10.1 Å². The van der Waals surface area contributed by atoms with Gasteiger partial charge in [0.1, 0.15) is 11.3 Å². The minimum absolute atomic E-state index is 0.00436. The molecular formula is C21H24N2O4. The number of nitrogens with one attached hydrogen (secondary N) is 1. The van der Waals surface area contributed by atoms with Crippen molar-refractivity contribution in [3.8, 4) is 5.75 Å². The van der Waals surface area contributed by atoms with Crippen molar-refractivity contribution < 1.29 is 19.4 Å². The fraction of sp³-hybridized carbons (Fsp3) is 0.333. The highest BCUT2D eigenvalue weighted by atomic mass is 16.5. The number of nitrogens with zero attached hydrogens (tertiary/aromatic N) is 1. The summed E-state index contributed by atoms with van der Waals surface area (Å²) < 4.78 is 5.14. The molecule has 1 aliphatic heterocycles. The first-order chi connectivity index (χ1) is 13.1. The van der Waals surface area contributed by atoms with Crippen molar-refractivity contribution >= 4 is 11.9 Å². The van der Waals surface area contributed by atoms with Crippen LogP contribution in [0.25, 0.3) is 0 Å². The highest BCUT2D eigenvalue weighted by molar-refractivity contribution is 5.91. The van der Waals surface area contributed by atoms with E-state index in [0.29, 0.717) is 12.3 Å². The second-order valence-electron chi connectivity index (χ2n) is 6.67. The summed E-state index contributed by atoms with van der Waals surface area (Å²) in [6, 6.07) is 14.9. The topological polar surface area (TPSA) is 78.9 Å². The summed E-state index contributed by atoms with van der Waals surface area (Å²) in [6.07, 6.45) is 1.85. The lowest BCUT2D eigenvalue weighted by molar-refractivity contribution is -0.125. The Hall–Kier alpha value is -2.86. The van der Waals surface area contributed by atoms with Crippen molar-refractivity contribution in [3.05, 3.63) is 65.2 Å². The number of carbonyl (C=O) groups is 2. The number of hydrogen-bond donors (Lipinski definition) is 2. The molecular weight excluding hydrogens is 344 g/mol. The molecule has 142 valence electrons. The molecule has 2 N–H and O–H groups in total. The van der Waals surface area contributed by atoms with Crippen LogP contribution in [0.5, 0.6) is 5.75 Å². The third-order valence-electron chi connectivity index (χ3n) is 4.86. The summed E-state index contributed by atoms with van der Waals surface area (Å²) >= 11 is 0. The molecule has 0 radical (unpaired) electrons. The molecule has 0 bridgehead atoms. The van der Waals surface area contributed by atoms with Gasteiger partial charge in [-0.25, -0.2) is 4.79 Å². The molecule has 6 nitrogen and oxygen atoms in total. The van der Waals surface area contributed by atoms with Crippen LogP contribution in [0.4, 0.5) is 0 Å². The van der Waals surface area contributed by atoms with Gasteiger partial charge in [0.05, 0.1) is 13.2 Å². The van der Waals surface area contributed by atoms with Crippen LogP contribution in [0.3, 0.4) is 0 Å². The first-order valence-corrected chi connectivity index (χ1v) is 9.04. The van der Waals surface area contributed by atoms with Crippen LogP contribution in [0.2, 0.25) is 0 Å². The number of carbonyl (C=O) groups excluding carboxylic acids is 1. The lowest BCUT2D eigenvalue weighted by Gasteiger charge is -2.23. The van der Waals surface area contributed by atoms with Crippen molar-refractivity contribution in [2.75, 3.05) is 13.7 Å². The van der Waals surface area contributed by atoms with E-state index < -0.39 is 5.97 Å². The minimum atomic E-state index is -1.04. The van der Waals surface area contributed by atoms with Gasteiger partial charge >= 0.3 is 5.97 Å². The monoisotopic (exact) mass is 368 g/mol. The molecule has 1 atom stereocenters. The zero-order valence-electron chi connectivity index (χ0n) is 15.4. The van der Waals surface area contributed by atoms with Gasteiger partial charge in [-0.15, -0.1) is 0 Å². The van der Waals surface area contributed by atoms with Gasteiger partial charge in [0.2, 0.25) is 5.91 Å². The second-order valence-corrected chi connectivity index (χ2v) is 6.67. The van der Waals surface area contributed by atoms with Gasteiger partial charge in [-0.3, -0.25) is 9.69 Å². The number of ether oxygens (including phenoxy) is 1. The summed E-state index contributed by atoms with van der Waals surface area (Å²) in [7, 11) is 1.43. The van der Waals surface area contributed by atoms with E-state index in [2.05, 4.69) is 22.3 Å². The van der Waals surface area contributed by atoms with E-state index in [1.165, 1.54) is 18.7 Å². The predicted octanol–water partition coefficient (Wildman–Crippen LogP) is 2.67. The molecule has 0 saturated carbocycles. The van der Waals surface area contributed by atoms with Gasteiger partial charge in [0, 0.05) is 13.1 Å².